The van der Waals surface area contributed by atoms with Gasteiger partial charge in [0.25, 0.3) is 0 Å². The van der Waals surface area contributed by atoms with Crippen molar-refractivity contribution >= 4 is 27.7 Å². The molecule has 1 nitrogen and oxygen atoms in total. The summed E-state index contributed by atoms with van der Waals surface area (Å²) < 4.78 is 1.17. The van der Waals surface area contributed by atoms with Crippen LogP contribution in [0.1, 0.15) is 44.6 Å². The van der Waals surface area contributed by atoms with E-state index >= 15 is 0 Å². The third kappa shape index (κ3) is 4.80. The average molecular weight is 342 g/mol. The lowest BCUT2D eigenvalue weighted by molar-refractivity contribution is 0.268. The largest absolute Gasteiger partial charge is 0.311 e. The molecule has 1 N–H and O–H groups in total. The van der Waals surface area contributed by atoms with E-state index in [4.69, 9.17) is 0 Å². The van der Waals surface area contributed by atoms with Crippen LogP contribution in [-0.4, -0.2) is 23.6 Å². The molecule has 1 atom stereocenters. The molecule has 3 heteroatoms. The van der Waals surface area contributed by atoms with Crippen molar-refractivity contribution in [2.24, 2.45) is 0 Å². The first kappa shape index (κ1) is 15.4. The standard InChI is InChI=1S/C16H24BrNS/c1-3-19-9-8-12(2)18-16-10-14(11-16)13-4-6-15(17)7-5-13/h4-7,12,14,16,18H,3,8-11H2,1-2H3. The Balaban J connectivity index is 1.67. The maximum absolute atomic E-state index is 3.76. The van der Waals surface area contributed by atoms with Gasteiger partial charge in [-0.1, -0.05) is 35.0 Å². The molecule has 1 aromatic carbocycles. The molecule has 0 amide bonds. The highest BCUT2D eigenvalue weighted by Crippen LogP contribution is 2.37. The monoisotopic (exact) mass is 341 g/mol. The minimum Gasteiger partial charge on any atom is -0.311 e. The third-order valence-corrected chi connectivity index (χ3v) is 5.36. The topological polar surface area (TPSA) is 12.0 Å². The third-order valence-electron chi connectivity index (χ3n) is 3.90. The Morgan fingerprint density at radius 1 is 1.32 bits per heavy atom. The first-order valence-electron chi connectivity index (χ1n) is 7.28. The summed E-state index contributed by atoms with van der Waals surface area (Å²) in [6, 6.07) is 10.2. The zero-order valence-electron chi connectivity index (χ0n) is 11.9. The molecule has 0 radical (unpaired) electrons. The van der Waals surface area contributed by atoms with Crippen LogP contribution in [0.2, 0.25) is 0 Å². The maximum Gasteiger partial charge on any atom is 0.0175 e. The predicted molar refractivity (Wildman–Crippen MR) is 90.1 cm³/mol. The van der Waals surface area contributed by atoms with Crippen molar-refractivity contribution in [1.29, 1.82) is 0 Å². The summed E-state index contributed by atoms with van der Waals surface area (Å²) in [6.45, 7) is 4.56. The molecule has 1 fully saturated rings. The Morgan fingerprint density at radius 2 is 2.00 bits per heavy atom. The van der Waals surface area contributed by atoms with E-state index in [2.05, 4.69) is 59.4 Å². The van der Waals surface area contributed by atoms with Crippen LogP contribution in [0.3, 0.4) is 0 Å². The molecule has 1 aliphatic rings. The first-order chi connectivity index (χ1) is 9.19. The summed E-state index contributed by atoms with van der Waals surface area (Å²) in [7, 11) is 0. The number of rotatable bonds is 7. The lowest BCUT2D eigenvalue weighted by Crippen LogP contribution is -2.44. The van der Waals surface area contributed by atoms with E-state index in [1.54, 1.807) is 0 Å². The zero-order chi connectivity index (χ0) is 13.7. The van der Waals surface area contributed by atoms with Crippen LogP contribution >= 0.6 is 27.7 Å². The summed E-state index contributed by atoms with van der Waals surface area (Å²) in [4.78, 5) is 0. The molecule has 1 saturated carbocycles. The van der Waals surface area contributed by atoms with Crippen LogP contribution in [0, 0.1) is 0 Å². The minimum atomic E-state index is 0.662. The van der Waals surface area contributed by atoms with Crippen LogP contribution in [0.4, 0.5) is 0 Å². The highest BCUT2D eigenvalue weighted by Gasteiger charge is 2.30. The van der Waals surface area contributed by atoms with Gasteiger partial charge in [0.2, 0.25) is 0 Å². The SMILES string of the molecule is CCSCCC(C)NC1CC(c2ccc(Br)cc2)C1. The molecule has 106 valence electrons. The van der Waals surface area contributed by atoms with Crippen LogP contribution in [0.25, 0.3) is 0 Å². The highest BCUT2D eigenvalue weighted by atomic mass is 79.9. The Kier molecular flexibility index (Phi) is 6.24. The van der Waals surface area contributed by atoms with E-state index in [1.807, 2.05) is 11.8 Å². The van der Waals surface area contributed by atoms with Crippen molar-refractivity contribution in [3.8, 4) is 0 Å². The van der Waals surface area contributed by atoms with Gasteiger partial charge in [-0.05, 0) is 61.3 Å². The van der Waals surface area contributed by atoms with Crippen molar-refractivity contribution in [2.45, 2.75) is 51.1 Å². The summed E-state index contributed by atoms with van der Waals surface area (Å²) in [5.41, 5.74) is 1.50. The van der Waals surface area contributed by atoms with Gasteiger partial charge >= 0.3 is 0 Å². The van der Waals surface area contributed by atoms with E-state index in [9.17, 15) is 0 Å². The fourth-order valence-corrected chi connectivity index (χ4v) is 3.72. The Labute approximate surface area is 130 Å². The highest BCUT2D eigenvalue weighted by molar-refractivity contribution is 9.10. The number of halogens is 1. The molecular weight excluding hydrogens is 318 g/mol. The van der Waals surface area contributed by atoms with E-state index in [1.165, 1.54) is 40.8 Å². The molecule has 2 rings (SSSR count). The Bertz CT molecular complexity index is 373. The molecule has 0 bridgehead atoms. The van der Waals surface area contributed by atoms with Crippen LogP contribution < -0.4 is 5.32 Å². The maximum atomic E-state index is 3.76. The summed E-state index contributed by atoms with van der Waals surface area (Å²) in [5, 5.41) is 3.76. The molecule has 1 aliphatic carbocycles. The van der Waals surface area contributed by atoms with Gasteiger partial charge < -0.3 is 5.32 Å². The van der Waals surface area contributed by atoms with Crippen LogP contribution in [-0.2, 0) is 0 Å². The molecule has 1 unspecified atom stereocenters. The molecule has 1 aromatic rings. The second kappa shape index (κ2) is 7.70. The fraction of sp³-hybridized carbons (Fsp3) is 0.625. The quantitative estimate of drug-likeness (QED) is 0.713. The fourth-order valence-electron chi connectivity index (χ4n) is 2.65. The predicted octanol–water partition coefficient (Wildman–Crippen LogP) is 4.82. The normalized spacial score (nSPS) is 23.9. The van der Waals surface area contributed by atoms with Gasteiger partial charge in [0.05, 0.1) is 0 Å². The first-order valence-corrected chi connectivity index (χ1v) is 9.23. The second-order valence-corrected chi connectivity index (χ2v) is 7.78. The van der Waals surface area contributed by atoms with Crippen molar-refractivity contribution < 1.29 is 0 Å². The van der Waals surface area contributed by atoms with Crippen molar-refractivity contribution in [1.82, 2.24) is 5.32 Å². The molecule has 0 heterocycles. The van der Waals surface area contributed by atoms with Crippen molar-refractivity contribution in [3.63, 3.8) is 0 Å². The summed E-state index contributed by atoms with van der Waals surface area (Å²) in [6.07, 6.45) is 3.89. The van der Waals surface area contributed by atoms with Gasteiger partial charge in [0.15, 0.2) is 0 Å². The van der Waals surface area contributed by atoms with Crippen LogP contribution in [0.15, 0.2) is 28.7 Å². The minimum absolute atomic E-state index is 0.662. The van der Waals surface area contributed by atoms with Crippen molar-refractivity contribution in [2.75, 3.05) is 11.5 Å². The molecule has 0 aromatic heterocycles. The summed E-state index contributed by atoms with van der Waals surface area (Å²) in [5.74, 6) is 3.29. The second-order valence-electron chi connectivity index (χ2n) is 5.47. The Morgan fingerprint density at radius 3 is 2.63 bits per heavy atom. The van der Waals surface area contributed by atoms with Crippen molar-refractivity contribution in [3.05, 3.63) is 34.3 Å². The van der Waals surface area contributed by atoms with E-state index in [-0.39, 0.29) is 0 Å². The van der Waals surface area contributed by atoms with E-state index in [0.29, 0.717) is 6.04 Å². The Hall–Kier alpha value is 0.01000. The van der Waals surface area contributed by atoms with Gasteiger partial charge in [-0.2, -0.15) is 11.8 Å². The number of nitrogens with one attached hydrogen (secondary N) is 1. The molecule has 0 spiro atoms. The van der Waals surface area contributed by atoms with E-state index in [0.717, 1.165) is 12.0 Å². The lowest BCUT2D eigenvalue weighted by Gasteiger charge is -2.38. The van der Waals surface area contributed by atoms with Crippen LogP contribution in [0.5, 0.6) is 0 Å². The average Bonchev–Trinajstić information content (AvgIpc) is 2.35. The molecule has 19 heavy (non-hydrogen) atoms. The smallest absolute Gasteiger partial charge is 0.0175 e. The van der Waals surface area contributed by atoms with Gasteiger partial charge in [-0.3, -0.25) is 0 Å². The van der Waals surface area contributed by atoms with E-state index < -0.39 is 0 Å². The molecular formula is C16H24BrNS. The lowest BCUT2D eigenvalue weighted by atomic mass is 9.75. The molecule has 0 aliphatic heterocycles. The number of hydrogen-bond donors (Lipinski definition) is 1. The number of benzene rings is 1. The number of hydrogen-bond acceptors (Lipinski definition) is 2. The van der Waals surface area contributed by atoms with Gasteiger partial charge in [-0.25, -0.2) is 0 Å². The number of thioether (sulfide) groups is 1. The van der Waals surface area contributed by atoms with Gasteiger partial charge in [0.1, 0.15) is 0 Å². The zero-order valence-corrected chi connectivity index (χ0v) is 14.3. The van der Waals surface area contributed by atoms with Gasteiger partial charge in [-0.15, -0.1) is 0 Å². The van der Waals surface area contributed by atoms with Gasteiger partial charge in [0, 0.05) is 16.6 Å². The molecule has 0 saturated heterocycles. The summed E-state index contributed by atoms with van der Waals surface area (Å²) >= 11 is 5.54.